The molecular formula is C12H19N3S. The Morgan fingerprint density at radius 2 is 2.25 bits per heavy atom. The van der Waals surface area contributed by atoms with Crippen molar-refractivity contribution in [2.24, 2.45) is 0 Å². The van der Waals surface area contributed by atoms with Crippen LogP contribution < -0.4 is 5.32 Å². The van der Waals surface area contributed by atoms with Crippen molar-refractivity contribution in [2.45, 2.75) is 51.5 Å². The van der Waals surface area contributed by atoms with Crippen molar-refractivity contribution >= 4 is 18.0 Å². The quantitative estimate of drug-likeness (QED) is 0.788. The van der Waals surface area contributed by atoms with Crippen molar-refractivity contribution in [2.75, 3.05) is 5.32 Å². The molecule has 16 heavy (non-hydrogen) atoms. The van der Waals surface area contributed by atoms with Crippen molar-refractivity contribution in [1.29, 1.82) is 0 Å². The summed E-state index contributed by atoms with van der Waals surface area (Å²) >= 11 is 5.17. The third kappa shape index (κ3) is 3.04. The first kappa shape index (κ1) is 11.6. The number of aromatic amines is 1. The van der Waals surface area contributed by atoms with Crippen LogP contribution in [0.15, 0.2) is 6.07 Å². The minimum absolute atomic E-state index is 0.613. The van der Waals surface area contributed by atoms with Crippen LogP contribution in [0.3, 0.4) is 0 Å². The van der Waals surface area contributed by atoms with Gasteiger partial charge in [-0.25, -0.2) is 4.98 Å². The van der Waals surface area contributed by atoms with Crippen LogP contribution in [0.2, 0.25) is 0 Å². The molecule has 0 aromatic carbocycles. The Morgan fingerprint density at radius 1 is 1.50 bits per heavy atom. The highest BCUT2D eigenvalue weighted by atomic mass is 32.1. The summed E-state index contributed by atoms with van der Waals surface area (Å²) in [7, 11) is 0. The van der Waals surface area contributed by atoms with Crippen LogP contribution in [-0.4, -0.2) is 16.0 Å². The van der Waals surface area contributed by atoms with E-state index in [0.717, 1.165) is 24.5 Å². The van der Waals surface area contributed by atoms with Gasteiger partial charge in [-0.15, -0.1) is 0 Å². The number of aromatic nitrogens is 2. The molecule has 88 valence electrons. The van der Waals surface area contributed by atoms with E-state index in [-0.39, 0.29) is 0 Å². The van der Waals surface area contributed by atoms with E-state index >= 15 is 0 Å². The molecule has 1 fully saturated rings. The zero-order valence-corrected chi connectivity index (χ0v) is 10.6. The molecule has 0 bridgehead atoms. The number of rotatable bonds is 4. The summed E-state index contributed by atoms with van der Waals surface area (Å²) in [5.74, 6) is 2.03. The summed E-state index contributed by atoms with van der Waals surface area (Å²) < 4.78 is 0.683. The second-order valence-corrected chi connectivity index (χ2v) is 4.87. The van der Waals surface area contributed by atoms with Crippen LogP contribution >= 0.6 is 12.2 Å². The van der Waals surface area contributed by atoms with Gasteiger partial charge in [0.1, 0.15) is 16.3 Å². The number of H-pyrrole nitrogens is 1. The van der Waals surface area contributed by atoms with E-state index in [0.29, 0.717) is 10.7 Å². The summed E-state index contributed by atoms with van der Waals surface area (Å²) in [6, 6.07) is 2.54. The van der Waals surface area contributed by atoms with Crippen molar-refractivity contribution < 1.29 is 0 Å². The molecule has 1 aromatic rings. The molecule has 0 amide bonds. The van der Waals surface area contributed by atoms with Crippen LogP contribution in [0.4, 0.5) is 5.82 Å². The molecule has 0 saturated heterocycles. The molecule has 0 radical (unpaired) electrons. The summed E-state index contributed by atoms with van der Waals surface area (Å²) in [6.07, 6.45) is 7.27. The van der Waals surface area contributed by atoms with E-state index in [1.165, 1.54) is 25.7 Å². The second kappa shape index (κ2) is 5.43. The molecule has 0 spiro atoms. The molecule has 1 aliphatic rings. The third-order valence-electron chi connectivity index (χ3n) is 2.99. The van der Waals surface area contributed by atoms with Gasteiger partial charge >= 0.3 is 0 Å². The van der Waals surface area contributed by atoms with Crippen LogP contribution in [0.5, 0.6) is 0 Å². The first-order valence-corrected chi connectivity index (χ1v) is 6.55. The minimum Gasteiger partial charge on any atom is -0.369 e. The first-order valence-electron chi connectivity index (χ1n) is 6.14. The summed E-state index contributed by atoms with van der Waals surface area (Å²) in [4.78, 5) is 7.64. The summed E-state index contributed by atoms with van der Waals surface area (Å²) in [6.45, 7) is 2.15. The lowest BCUT2D eigenvalue weighted by molar-refractivity contribution is 0.743. The lowest BCUT2D eigenvalue weighted by Crippen LogP contribution is -2.16. The van der Waals surface area contributed by atoms with Crippen molar-refractivity contribution in [3.63, 3.8) is 0 Å². The number of hydrogen-bond donors (Lipinski definition) is 2. The normalized spacial score (nSPS) is 16.6. The number of aryl methyl sites for hydroxylation is 1. The number of anilines is 1. The van der Waals surface area contributed by atoms with E-state index in [2.05, 4.69) is 22.2 Å². The van der Waals surface area contributed by atoms with Crippen LogP contribution in [0, 0.1) is 4.64 Å². The van der Waals surface area contributed by atoms with Gasteiger partial charge in [-0.1, -0.05) is 32.0 Å². The van der Waals surface area contributed by atoms with Crippen LogP contribution in [-0.2, 0) is 6.42 Å². The zero-order valence-electron chi connectivity index (χ0n) is 9.75. The molecule has 1 aliphatic carbocycles. The predicted molar refractivity (Wildman–Crippen MR) is 69.3 cm³/mol. The Labute approximate surface area is 102 Å². The molecule has 1 aromatic heterocycles. The Kier molecular flexibility index (Phi) is 3.93. The molecular weight excluding hydrogens is 218 g/mol. The second-order valence-electron chi connectivity index (χ2n) is 4.46. The molecule has 1 saturated carbocycles. The van der Waals surface area contributed by atoms with Crippen molar-refractivity contribution in [3.8, 4) is 0 Å². The van der Waals surface area contributed by atoms with Gasteiger partial charge in [-0.05, 0) is 19.3 Å². The molecule has 3 nitrogen and oxygen atoms in total. The average Bonchev–Trinajstić information content (AvgIpc) is 2.70. The van der Waals surface area contributed by atoms with E-state index < -0.39 is 0 Å². The Morgan fingerprint density at radius 3 is 2.94 bits per heavy atom. The fraction of sp³-hybridized carbons (Fsp3) is 0.667. The van der Waals surface area contributed by atoms with Gasteiger partial charge in [0, 0.05) is 18.5 Å². The molecule has 2 rings (SSSR count). The third-order valence-corrected chi connectivity index (χ3v) is 3.20. The van der Waals surface area contributed by atoms with Gasteiger partial charge < -0.3 is 10.3 Å². The Balaban J connectivity index is 2.10. The lowest BCUT2D eigenvalue weighted by Gasteiger charge is -2.14. The fourth-order valence-corrected chi connectivity index (χ4v) is 2.46. The van der Waals surface area contributed by atoms with E-state index in [1.54, 1.807) is 0 Å². The highest BCUT2D eigenvalue weighted by molar-refractivity contribution is 7.71. The average molecular weight is 237 g/mol. The fourth-order valence-electron chi connectivity index (χ4n) is 2.23. The standard InChI is InChI=1S/C12H19N3S/c1-2-5-10-14-11(8-12(16)15-10)13-9-6-3-4-7-9/h8-9H,2-7H2,1H3,(H2,13,14,15,16). The number of nitrogens with zero attached hydrogens (tertiary/aromatic N) is 1. The van der Waals surface area contributed by atoms with Gasteiger partial charge in [0.2, 0.25) is 0 Å². The van der Waals surface area contributed by atoms with Gasteiger partial charge in [-0.3, -0.25) is 0 Å². The van der Waals surface area contributed by atoms with Gasteiger partial charge in [0.15, 0.2) is 0 Å². The summed E-state index contributed by atoms with van der Waals surface area (Å²) in [5, 5.41) is 3.52. The van der Waals surface area contributed by atoms with E-state index in [9.17, 15) is 0 Å². The van der Waals surface area contributed by atoms with Crippen LogP contribution in [0.25, 0.3) is 0 Å². The number of hydrogen-bond acceptors (Lipinski definition) is 3. The largest absolute Gasteiger partial charge is 0.369 e. The minimum atomic E-state index is 0.613. The maximum atomic E-state index is 5.17. The molecule has 0 aliphatic heterocycles. The van der Waals surface area contributed by atoms with Gasteiger partial charge in [-0.2, -0.15) is 0 Å². The SMILES string of the molecule is CCCc1nc(=S)cc(NC2CCCC2)[nH]1. The van der Waals surface area contributed by atoms with Crippen LogP contribution in [0.1, 0.15) is 44.9 Å². The molecule has 4 heteroatoms. The molecule has 0 unspecified atom stereocenters. The number of nitrogens with one attached hydrogen (secondary N) is 2. The van der Waals surface area contributed by atoms with Gasteiger partial charge in [0.05, 0.1) is 0 Å². The smallest absolute Gasteiger partial charge is 0.131 e. The first-order chi connectivity index (χ1) is 7.78. The summed E-state index contributed by atoms with van der Waals surface area (Å²) in [5.41, 5.74) is 0. The van der Waals surface area contributed by atoms with Gasteiger partial charge in [0.25, 0.3) is 0 Å². The van der Waals surface area contributed by atoms with Crippen molar-refractivity contribution in [1.82, 2.24) is 9.97 Å². The Hall–Kier alpha value is -0.900. The maximum absolute atomic E-state index is 5.17. The monoisotopic (exact) mass is 237 g/mol. The lowest BCUT2D eigenvalue weighted by atomic mass is 10.2. The highest BCUT2D eigenvalue weighted by Crippen LogP contribution is 2.21. The highest BCUT2D eigenvalue weighted by Gasteiger charge is 2.14. The van der Waals surface area contributed by atoms with E-state index in [1.807, 2.05) is 6.07 Å². The zero-order chi connectivity index (χ0) is 11.4. The van der Waals surface area contributed by atoms with Crippen molar-refractivity contribution in [3.05, 3.63) is 16.5 Å². The van der Waals surface area contributed by atoms with E-state index in [4.69, 9.17) is 12.2 Å². The molecule has 1 heterocycles. The molecule has 0 atom stereocenters. The maximum Gasteiger partial charge on any atom is 0.131 e. The topological polar surface area (TPSA) is 40.7 Å². The Bertz CT molecular complexity index is 393. The predicted octanol–water partition coefficient (Wildman–Crippen LogP) is 3.45. The molecule has 2 N–H and O–H groups in total.